The summed E-state index contributed by atoms with van der Waals surface area (Å²) in [4.78, 5) is 0. The second kappa shape index (κ2) is 2.89. The third-order valence-corrected chi connectivity index (χ3v) is 5.45. The van der Waals surface area contributed by atoms with Gasteiger partial charge in [-0.2, -0.15) is 0 Å². The topological polar surface area (TPSA) is 12.5 Å². The zero-order chi connectivity index (χ0) is 7.14. The number of hydrogen-bond donors (Lipinski definition) is 0. The van der Waals surface area contributed by atoms with E-state index in [2.05, 4.69) is 5.22 Å². The van der Waals surface area contributed by atoms with E-state index in [1.165, 1.54) is 19.3 Å². The van der Waals surface area contributed by atoms with E-state index in [9.17, 15) is 0 Å². The summed E-state index contributed by atoms with van der Waals surface area (Å²) < 4.78 is 7.96. The molecule has 1 saturated carbocycles. The van der Waals surface area contributed by atoms with Gasteiger partial charge in [-0.25, -0.2) is 0 Å². The molecule has 0 amide bonds. The number of ether oxygens (including phenoxy) is 1. The van der Waals surface area contributed by atoms with Gasteiger partial charge in [0.25, 0.3) is 0 Å². The van der Waals surface area contributed by atoms with Crippen molar-refractivity contribution in [2.45, 2.75) is 31.4 Å². The van der Waals surface area contributed by atoms with Gasteiger partial charge in [-0.15, -0.1) is 0 Å². The first-order valence-electron chi connectivity index (χ1n) is 3.87. The van der Waals surface area contributed by atoms with Gasteiger partial charge in [0.05, 0.1) is 0 Å². The molecule has 2 unspecified atom stereocenters. The van der Waals surface area contributed by atoms with Crippen LogP contribution in [-0.2, 0) is 4.74 Å². The fourth-order valence-electron chi connectivity index (χ4n) is 1.93. The molecule has 1 heterocycles. The summed E-state index contributed by atoms with van der Waals surface area (Å²) in [5.74, 6) is 0.950. The number of hydrogen-bond acceptors (Lipinski definition) is 2. The molecule has 0 radical (unpaired) electrons. The molecular formula is C7H10NORb. The molecule has 1 aliphatic heterocycles. The predicted octanol–water partition coefficient (Wildman–Crippen LogP) is 0.794. The van der Waals surface area contributed by atoms with Gasteiger partial charge < -0.3 is 0 Å². The molecule has 2 rings (SSSR count). The first kappa shape index (κ1) is 7.78. The van der Waals surface area contributed by atoms with Crippen molar-refractivity contribution in [3.63, 3.8) is 0 Å². The van der Waals surface area contributed by atoms with Gasteiger partial charge in [0.15, 0.2) is 0 Å². The average molecular weight is 210 g/mol. The van der Waals surface area contributed by atoms with Gasteiger partial charge in [0.1, 0.15) is 0 Å². The summed E-state index contributed by atoms with van der Waals surface area (Å²) in [7, 11) is 0. The van der Waals surface area contributed by atoms with Gasteiger partial charge in [-0.3, -0.25) is 0 Å². The van der Waals surface area contributed by atoms with Crippen LogP contribution in [0.15, 0.2) is 12.5 Å². The maximum absolute atomic E-state index is 5.58. The van der Waals surface area contributed by atoms with E-state index < -0.39 is 0 Å². The summed E-state index contributed by atoms with van der Waals surface area (Å²) in [6.45, 7) is 3.87. The maximum atomic E-state index is 5.58. The first-order chi connectivity index (χ1) is 4.79. The van der Waals surface area contributed by atoms with Crippen molar-refractivity contribution in [1.82, 2.24) is -1.36 Å². The Morgan fingerprint density at radius 3 is 3.10 bits per heavy atom. The molecular weight excluding hydrogens is 200 g/mol. The molecule has 0 bridgehead atoms. The fourth-order valence-corrected chi connectivity index (χ4v) is 3.64. The Kier molecular flexibility index (Phi) is 2.24. The Hall–Kier alpha value is 1.15. The van der Waals surface area contributed by atoms with Crippen molar-refractivity contribution in [1.29, 1.82) is 0 Å². The van der Waals surface area contributed by atoms with Crippen LogP contribution in [0, 0.1) is 0 Å². The summed E-state index contributed by atoms with van der Waals surface area (Å²) >= 11 is 0.554. The van der Waals surface area contributed by atoms with Crippen molar-refractivity contribution in [2.75, 3.05) is 0 Å². The van der Waals surface area contributed by atoms with E-state index in [4.69, 9.17) is 4.74 Å². The monoisotopic (exact) mass is 209 g/mol. The van der Waals surface area contributed by atoms with Crippen LogP contribution in [0.25, 0.3) is 0 Å². The van der Waals surface area contributed by atoms with Crippen LogP contribution < -0.4 is 0 Å². The second-order valence-electron chi connectivity index (χ2n) is 3.16. The van der Waals surface area contributed by atoms with Gasteiger partial charge in [-0.1, -0.05) is 0 Å². The Labute approximate surface area is 101 Å². The summed E-state index contributed by atoms with van der Waals surface area (Å²) in [6, 6.07) is 0.725. The van der Waals surface area contributed by atoms with E-state index in [0.717, 1.165) is 11.9 Å². The van der Waals surface area contributed by atoms with E-state index in [1.54, 1.807) is 0 Å². The van der Waals surface area contributed by atoms with Crippen molar-refractivity contribution < 1.29 is 4.74 Å². The zero-order valence-electron chi connectivity index (χ0n) is 6.34. The number of nitrogens with zero attached hydrogens (tertiary/aromatic N) is 1. The molecule has 50 valence electrons. The summed E-state index contributed by atoms with van der Waals surface area (Å²) in [5, 5.41) is 0. The number of rotatable bonds is 0. The Balaban J connectivity index is 2.16. The van der Waals surface area contributed by atoms with Crippen LogP contribution >= 0.6 is 0 Å². The summed E-state index contributed by atoms with van der Waals surface area (Å²) in [5.41, 5.74) is 0. The van der Waals surface area contributed by atoms with Crippen LogP contribution in [0.3, 0.4) is 0 Å². The molecule has 2 aliphatic rings. The fraction of sp³-hybridized carbons (Fsp3) is 0.714. The molecule has 1 aliphatic carbocycles. The van der Waals surface area contributed by atoms with Gasteiger partial charge in [0.2, 0.25) is 0 Å². The van der Waals surface area contributed by atoms with E-state index in [-0.39, 0.29) is 0 Å². The predicted molar refractivity (Wildman–Crippen MR) is 39.2 cm³/mol. The van der Waals surface area contributed by atoms with Crippen molar-refractivity contribution in [3.8, 4) is 0 Å². The molecule has 2 fully saturated rings. The minimum atomic E-state index is 0.509. The molecule has 0 spiro atoms. The van der Waals surface area contributed by atoms with Crippen molar-refractivity contribution in [2.24, 2.45) is 0 Å². The molecule has 0 aromatic carbocycles. The minimum absolute atomic E-state index is 0.509. The Bertz CT molecular complexity index is 171. The second-order valence-corrected chi connectivity index (χ2v) is 5.53. The molecule has 0 N–H and O–H groups in total. The molecule has 0 aromatic rings. The molecule has 10 heavy (non-hydrogen) atoms. The Morgan fingerprint density at radius 2 is 2.40 bits per heavy atom. The standard InChI is InChI=1S/C7H10NO.Rb/c1-5-8-6-3-2-4-7(6)9-5;/h6-7H,1-4H2;/q-1;+1. The van der Waals surface area contributed by atoms with Gasteiger partial charge in [-0.05, 0) is 0 Å². The van der Waals surface area contributed by atoms with Crippen LogP contribution in [0.2, 0.25) is 0 Å². The average Bonchev–Trinajstić information content (AvgIpc) is 2.41. The van der Waals surface area contributed by atoms with Crippen LogP contribution in [0.1, 0.15) is 19.3 Å². The first-order valence-corrected chi connectivity index (χ1v) is 6.07. The molecule has 1 saturated heterocycles. The van der Waals surface area contributed by atoms with Crippen LogP contribution in [0.5, 0.6) is 0 Å². The molecule has 3 heteroatoms. The Morgan fingerprint density at radius 1 is 1.60 bits per heavy atom. The van der Waals surface area contributed by atoms with Crippen molar-refractivity contribution >= 4 is 56.0 Å². The van der Waals surface area contributed by atoms with Crippen LogP contribution in [0.4, 0.5) is 0 Å². The van der Waals surface area contributed by atoms with E-state index in [0.29, 0.717) is 62.1 Å². The third kappa shape index (κ3) is 1.13. The normalized spacial score (nSPS) is 38.2. The molecule has 0 aromatic heterocycles. The SMILES string of the molecule is C=C1OC2CCCC2[N]1[Rb]. The molecule has 2 atom stereocenters. The van der Waals surface area contributed by atoms with Crippen LogP contribution in [-0.4, -0.2) is 66.8 Å². The third-order valence-electron chi connectivity index (χ3n) is 2.60. The van der Waals surface area contributed by atoms with Gasteiger partial charge in [0, 0.05) is 0 Å². The van der Waals surface area contributed by atoms with E-state index >= 15 is 0 Å². The molecule has 2 nitrogen and oxygen atoms in total. The summed E-state index contributed by atoms with van der Waals surface area (Å²) in [6.07, 6.45) is 4.43. The quantitative estimate of drug-likeness (QED) is 0.585. The van der Waals surface area contributed by atoms with Gasteiger partial charge >= 0.3 is 103 Å². The number of fused-ring (bicyclic) bond motifs is 1. The van der Waals surface area contributed by atoms with Crippen molar-refractivity contribution in [3.05, 3.63) is 12.5 Å². The van der Waals surface area contributed by atoms with E-state index in [1.807, 2.05) is 0 Å². The zero-order valence-corrected chi connectivity index (χ0v) is 11.3.